The quantitative estimate of drug-likeness (QED) is 0.638. The van der Waals surface area contributed by atoms with Crippen LogP contribution < -0.4 is 10.2 Å². The molecule has 0 saturated carbocycles. The Morgan fingerprint density at radius 3 is 2.41 bits per heavy atom. The highest BCUT2D eigenvalue weighted by Crippen LogP contribution is 2.37. The van der Waals surface area contributed by atoms with Crippen molar-refractivity contribution in [1.82, 2.24) is 0 Å². The molecule has 0 bridgehead atoms. The molecule has 7 nitrogen and oxygen atoms in total. The van der Waals surface area contributed by atoms with Gasteiger partial charge < -0.3 is 10.4 Å². The molecule has 1 aliphatic heterocycles. The normalized spacial score (nSPS) is 13.0. The molecule has 0 aromatic heterocycles. The van der Waals surface area contributed by atoms with Gasteiger partial charge in [-0.15, -0.1) is 0 Å². The average molecular weight is 409 g/mol. The van der Waals surface area contributed by atoms with Crippen LogP contribution in [0, 0.1) is 0 Å². The van der Waals surface area contributed by atoms with Crippen molar-refractivity contribution in [2.75, 3.05) is 10.2 Å². The van der Waals surface area contributed by atoms with Gasteiger partial charge in [-0.05, 0) is 41.8 Å². The van der Waals surface area contributed by atoms with Gasteiger partial charge in [-0.2, -0.15) is 0 Å². The summed E-state index contributed by atoms with van der Waals surface area (Å²) in [5, 5.41) is 13.1. The fraction of sp³-hybridized carbons (Fsp3) is 0.0476. The van der Waals surface area contributed by atoms with Gasteiger partial charge in [-0.1, -0.05) is 23.7 Å². The molecule has 29 heavy (non-hydrogen) atoms. The molecule has 1 heterocycles. The summed E-state index contributed by atoms with van der Waals surface area (Å²) in [6, 6.07) is 12.0. The number of rotatable bonds is 3. The summed E-state index contributed by atoms with van der Waals surface area (Å²) in [4.78, 5) is 50.1. The lowest BCUT2D eigenvalue weighted by Gasteiger charge is -2.28. The molecule has 1 aliphatic rings. The van der Waals surface area contributed by atoms with Crippen LogP contribution in [0.5, 0.6) is 0 Å². The number of hydrogen-bond donors (Lipinski definition) is 2. The number of benzene rings is 3. The topological polar surface area (TPSA) is 104 Å². The predicted octanol–water partition coefficient (Wildman–Crippen LogP) is 3.95. The molecule has 2 N–H and O–H groups in total. The standard InChI is InChI=1S/C21H13ClN2O5/c1-10(25)23-13-7-11-3-2-4-14-18(11)15(9-13)20(27)24(19(14)26)17-8-12(21(28)29)5-6-16(17)22/h2-9H,1H3,(H,23,25)(H,28,29). The molecule has 0 atom stereocenters. The number of carbonyl (C=O) groups is 4. The number of carboxylic acids is 1. The molecule has 3 amide bonds. The van der Waals surface area contributed by atoms with Crippen molar-refractivity contribution < 1.29 is 24.3 Å². The maximum Gasteiger partial charge on any atom is 0.335 e. The number of halogens is 1. The van der Waals surface area contributed by atoms with E-state index in [1.165, 1.54) is 31.2 Å². The zero-order valence-electron chi connectivity index (χ0n) is 15.0. The Labute approximate surface area is 169 Å². The lowest BCUT2D eigenvalue weighted by Crippen LogP contribution is -2.40. The van der Waals surface area contributed by atoms with Crippen LogP contribution in [0.25, 0.3) is 10.8 Å². The number of nitrogens with one attached hydrogen (secondary N) is 1. The van der Waals surface area contributed by atoms with Crippen molar-refractivity contribution in [2.45, 2.75) is 6.92 Å². The van der Waals surface area contributed by atoms with Gasteiger partial charge in [0.05, 0.1) is 21.8 Å². The Hall–Kier alpha value is -3.71. The first-order chi connectivity index (χ1) is 13.8. The van der Waals surface area contributed by atoms with E-state index in [9.17, 15) is 24.3 Å². The first kappa shape index (κ1) is 18.6. The first-order valence-electron chi connectivity index (χ1n) is 8.54. The van der Waals surface area contributed by atoms with E-state index in [1.54, 1.807) is 24.3 Å². The zero-order valence-corrected chi connectivity index (χ0v) is 15.8. The Morgan fingerprint density at radius 1 is 1.00 bits per heavy atom. The summed E-state index contributed by atoms with van der Waals surface area (Å²) >= 11 is 6.20. The van der Waals surface area contributed by atoms with Crippen LogP contribution in [0.15, 0.2) is 48.5 Å². The fourth-order valence-corrected chi connectivity index (χ4v) is 3.62. The van der Waals surface area contributed by atoms with Gasteiger partial charge in [0, 0.05) is 23.6 Å². The lowest BCUT2D eigenvalue weighted by atomic mass is 9.93. The summed E-state index contributed by atoms with van der Waals surface area (Å²) < 4.78 is 0. The number of anilines is 2. The van der Waals surface area contributed by atoms with Gasteiger partial charge in [0.1, 0.15) is 0 Å². The molecule has 3 aromatic carbocycles. The molecular weight excluding hydrogens is 396 g/mol. The maximum atomic E-state index is 13.3. The van der Waals surface area contributed by atoms with E-state index < -0.39 is 17.8 Å². The van der Waals surface area contributed by atoms with Crippen LogP contribution in [-0.2, 0) is 4.79 Å². The Morgan fingerprint density at radius 2 is 1.72 bits per heavy atom. The number of imide groups is 1. The summed E-state index contributed by atoms with van der Waals surface area (Å²) in [6.07, 6.45) is 0. The van der Waals surface area contributed by atoms with E-state index in [0.29, 0.717) is 16.5 Å². The Kier molecular flexibility index (Phi) is 4.32. The molecule has 144 valence electrons. The molecule has 0 saturated heterocycles. The molecule has 8 heteroatoms. The second kappa shape index (κ2) is 6.72. The lowest BCUT2D eigenvalue weighted by molar-refractivity contribution is -0.114. The second-order valence-corrected chi connectivity index (χ2v) is 6.93. The molecule has 0 fully saturated rings. The van der Waals surface area contributed by atoms with Gasteiger partial charge >= 0.3 is 5.97 Å². The van der Waals surface area contributed by atoms with Gasteiger partial charge in [0.15, 0.2) is 0 Å². The molecule has 0 unspecified atom stereocenters. The minimum absolute atomic E-state index is 0.0193. The average Bonchev–Trinajstić information content (AvgIpc) is 2.66. The van der Waals surface area contributed by atoms with E-state index in [1.807, 2.05) is 0 Å². The SMILES string of the molecule is CC(=O)Nc1cc2c3c(cccc3c1)C(=O)N(c1cc(C(=O)O)ccc1Cl)C2=O. The predicted molar refractivity (Wildman–Crippen MR) is 108 cm³/mol. The third-order valence-corrected chi connectivity index (χ3v) is 4.92. The van der Waals surface area contributed by atoms with Crippen LogP contribution in [0.2, 0.25) is 5.02 Å². The number of carboxylic acid groups (broad SMARTS) is 1. The van der Waals surface area contributed by atoms with Crippen LogP contribution in [0.4, 0.5) is 11.4 Å². The van der Waals surface area contributed by atoms with Gasteiger partial charge in [-0.3, -0.25) is 14.4 Å². The van der Waals surface area contributed by atoms with Crippen LogP contribution in [0.1, 0.15) is 38.0 Å². The summed E-state index contributed by atoms with van der Waals surface area (Å²) in [6.45, 7) is 1.35. The molecule has 0 spiro atoms. The third-order valence-electron chi connectivity index (χ3n) is 4.60. The monoisotopic (exact) mass is 408 g/mol. The van der Waals surface area contributed by atoms with Crippen LogP contribution >= 0.6 is 11.6 Å². The largest absolute Gasteiger partial charge is 0.478 e. The minimum atomic E-state index is -1.21. The summed E-state index contributed by atoms with van der Waals surface area (Å²) in [7, 11) is 0. The molecule has 3 aromatic rings. The smallest absolute Gasteiger partial charge is 0.335 e. The van der Waals surface area contributed by atoms with Gasteiger partial charge in [0.2, 0.25) is 5.91 Å². The number of carbonyl (C=O) groups excluding carboxylic acids is 3. The number of amides is 3. The van der Waals surface area contributed by atoms with E-state index in [4.69, 9.17) is 11.6 Å². The first-order valence-corrected chi connectivity index (χ1v) is 8.91. The summed E-state index contributed by atoms with van der Waals surface area (Å²) in [5.41, 5.74) is 0.766. The molecule has 0 aliphatic carbocycles. The van der Waals surface area contributed by atoms with Crippen LogP contribution in [-0.4, -0.2) is 28.8 Å². The maximum absolute atomic E-state index is 13.3. The van der Waals surface area contributed by atoms with Crippen molar-refractivity contribution >= 4 is 57.4 Å². The van der Waals surface area contributed by atoms with Gasteiger partial charge in [-0.25, -0.2) is 9.69 Å². The molecular formula is C21H13ClN2O5. The highest BCUT2D eigenvalue weighted by atomic mass is 35.5. The van der Waals surface area contributed by atoms with Crippen molar-refractivity contribution in [3.63, 3.8) is 0 Å². The van der Waals surface area contributed by atoms with E-state index in [0.717, 1.165) is 4.90 Å². The van der Waals surface area contributed by atoms with Crippen LogP contribution in [0.3, 0.4) is 0 Å². The minimum Gasteiger partial charge on any atom is -0.478 e. The zero-order chi connectivity index (χ0) is 20.9. The molecule has 0 radical (unpaired) electrons. The van der Waals surface area contributed by atoms with Crippen molar-refractivity contribution in [1.29, 1.82) is 0 Å². The van der Waals surface area contributed by atoms with Gasteiger partial charge in [0.25, 0.3) is 11.8 Å². The molecule has 4 rings (SSSR count). The van der Waals surface area contributed by atoms with Crippen molar-refractivity contribution in [3.05, 3.63) is 70.2 Å². The second-order valence-electron chi connectivity index (χ2n) is 6.53. The number of nitrogens with zero attached hydrogens (tertiary/aromatic N) is 1. The van der Waals surface area contributed by atoms with E-state index in [-0.39, 0.29) is 33.3 Å². The summed E-state index contributed by atoms with van der Waals surface area (Å²) in [5.74, 6) is -2.78. The highest BCUT2D eigenvalue weighted by Gasteiger charge is 2.35. The number of hydrogen-bond acceptors (Lipinski definition) is 4. The third kappa shape index (κ3) is 3.01. The highest BCUT2D eigenvalue weighted by molar-refractivity contribution is 6.40. The van der Waals surface area contributed by atoms with E-state index >= 15 is 0 Å². The Bertz CT molecular complexity index is 1250. The van der Waals surface area contributed by atoms with E-state index in [2.05, 4.69) is 5.32 Å². The van der Waals surface area contributed by atoms with Crippen molar-refractivity contribution in [2.24, 2.45) is 0 Å². The Balaban J connectivity index is 1.96. The fourth-order valence-electron chi connectivity index (χ4n) is 3.42. The van der Waals surface area contributed by atoms with Crippen molar-refractivity contribution in [3.8, 4) is 0 Å². The number of aromatic carboxylic acids is 1.